The van der Waals surface area contributed by atoms with E-state index in [4.69, 9.17) is 0 Å². The van der Waals surface area contributed by atoms with Gasteiger partial charge in [0.1, 0.15) is 5.82 Å². The highest BCUT2D eigenvalue weighted by atomic mass is 15.2. The SMILES string of the molecule is CCN(Cc1ccccc1)c1cc(C)nc(NCCN(C)C)n1. The maximum Gasteiger partial charge on any atom is 0.224 e. The average Bonchev–Trinajstić information content (AvgIpc) is 2.52. The highest BCUT2D eigenvalue weighted by Crippen LogP contribution is 2.17. The first-order chi connectivity index (χ1) is 11.1. The fraction of sp³-hybridized carbons (Fsp3) is 0.444. The summed E-state index contributed by atoms with van der Waals surface area (Å²) in [5.41, 5.74) is 2.27. The van der Waals surface area contributed by atoms with Gasteiger partial charge in [-0.2, -0.15) is 4.98 Å². The van der Waals surface area contributed by atoms with Gasteiger partial charge >= 0.3 is 0 Å². The van der Waals surface area contributed by atoms with Crippen LogP contribution < -0.4 is 10.2 Å². The van der Waals surface area contributed by atoms with E-state index < -0.39 is 0 Å². The first-order valence-corrected chi connectivity index (χ1v) is 8.11. The lowest BCUT2D eigenvalue weighted by atomic mass is 10.2. The Hall–Kier alpha value is -2.14. The predicted molar refractivity (Wildman–Crippen MR) is 97.0 cm³/mol. The van der Waals surface area contributed by atoms with E-state index in [-0.39, 0.29) is 0 Å². The first kappa shape index (κ1) is 17.2. The van der Waals surface area contributed by atoms with E-state index in [0.29, 0.717) is 5.95 Å². The normalized spacial score (nSPS) is 10.8. The van der Waals surface area contributed by atoms with Crippen molar-refractivity contribution in [2.24, 2.45) is 0 Å². The average molecular weight is 313 g/mol. The molecule has 0 aliphatic heterocycles. The summed E-state index contributed by atoms with van der Waals surface area (Å²) in [5.74, 6) is 1.67. The van der Waals surface area contributed by atoms with Gasteiger partial charge in [-0.05, 0) is 33.5 Å². The lowest BCUT2D eigenvalue weighted by Crippen LogP contribution is -2.25. The minimum Gasteiger partial charge on any atom is -0.353 e. The summed E-state index contributed by atoms with van der Waals surface area (Å²) >= 11 is 0. The van der Waals surface area contributed by atoms with Crippen molar-refractivity contribution < 1.29 is 0 Å². The van der Waals surface area contributed by atoms with Crippen molar-refractivity contribution in [2.45, 2.75) is 20.4 Å². The molecule has 1 heterocycles. The summed E-state index contributed by atoms with van der Waals surface area (Å²) in [5, 5.41) is 3.31. The minimum absolute atomic E-state index is 0.702. The molecule has 2 rings (SSSR count). The summed E-state index contributed by atoms with van der Waals surface area (Å²) in [6.45, 7) is 7.71. The van der Waals surface area contributed by atoms with E-state index in [1.54, 1.807) is 0 Å². The second-order valence-electron chi connectivity index (χ2n) is 5.92. The first-order valence-electron chi connectivity index (χ1n) is 8.11. The lowest BCUT2D eigenvalue weighted by Gasteiger charge is -2.23. The molecule has 0 aliphatic carbocycles. The third-order valence-electron chi connectivity index (χ3n) is 3.60. The number of anilines is 2. The van der Waals surface area contributed by atoms with Gasteiger partial charge in [-0.3, -0.25) is 0 Å². The molecule has 1 aromatic heterocycles. The van der Waals surface area contributed by atoms with E-state index in [1.165, 1.54) is 5.56 Å². The van der Waals surface area contributed by atoms with Crippen molar-refractivity contribution in [3.8, 4) is 0 Å². The zero-order chi connectivity index (χ0) is 16.7. The highest BCUT2D eigenvalue weighted by molar-refractivity contribution is 5.45. The van der Waals surface area contributed by atoms with Crippen LogP contribution in [0.15, 0.2) is 36.4 Å². The van der Waals surface area contributed by atoms with Gasteiger partial charge in [0.15, 0.2) is 0 Å². The molecule has 0 aliphatic rings. The molecule has 2 aromatic rings. The molecule has 0 saturated heterocycles. The molecule has 0 atom stereocenters. The molecule has 124 valence electrons. The van der Waals surface area contributed by atoms with Crippen LogP contribution in [0, 0.1) is 6.92 Å². The summed E-state index contributed by atoms with van der Waals surface area (Å²) in [7, 11) is 4.12. The molecule has 0 fully saturated rings. The Kier molecular flexibility index (Phi) is 6.35. The molecule has 0 radical (unpaired) electrons. The lowest BCUT2D eigenvalue weighted by molar-refractivity contribution is 0.425. The third kappa shape index (κ3) is 5.53. The van der Waals surface area contributed by atoms with Crippen molar-refractivity contribution in [1.82, 2.24) is 14.9 Å². The Balaban J connectivity index is 2.11. The molecule has 5 nitrogen and oxygen atoms in total. The summed E-state index contributed by atoms with van der Waals surface area (Å²) in [4.78, 5) is 13.6. The fourth-order valence-electron chi connectivity index (χ4n) is 2.34. The van der Waals surface area contributed by atoms with Crippen LogP contribution in [0.25, 0.3) is 0 Å². The van der Waals surface area contributed by atoms with E-state index in [2.05, 4.69) is 70.4 Å². The summed E-state index contributed by atoms with van der Waals surface area (Å²) < 4.78 is 0. The number of rotatable bonds is 8. The molecule has 0 bridgehead atoms. The second-order valence-corrected chi connectivity index (χ2v) is 5.92. The fourth-order valence-corrected chi connectivity index (χ4v) is 2.34. The number of hydrogen-bond acceptors (Lipinski definition) is 5. The van der Waals surface area contributed by atoms with E-state index in [0.717, 1.165) is 37.7 Å². The predicted octanol–water partition coefficient (Wildman–Crippen LogP) is 2.79. The van der Waals surface area contributed by atoms with Crippen molar-refractivity contribution in [2.75, 3.05) is 43.9 Å². The number of likely N-dealkylation sites (N-methyl/N-ethyl adjacent to an activating group) is 1. The molecule has 5 heteroatoms. The van der Waals surface area contributed by atoms with Crippen molar-refractivity contribution in [3.63, 3.8) is 0 Å². The van der Waals surface area contributed by atoms with Crippen LogP contribution in [0.2, 0.25) is 0 Å². The van der Waals surface area contributed by atoms with Crippen LogP contribution in [0.1, 0.15) is 18.2 Å². The van der Waals surface area contributed by atoms with Crippen molar-refractivity contribution in [1.29, 1.82) is 0 Å². The van der Waals surface area contributed by atoms with Crippen LogP contribution in [0.3, 0.4) is 0 Å². The zero-order valence-electron chi connectivity index (χ0n) is 14.6. The molecule has 1 N–H and O–H groups in total. The molecular formula is C18H27N5. The van der Waals surface area contributed by atoms with Crippen molar-refractivity contribution >= 4 is 11.8 Å². The Morgan fingerprint density at radius 1 is 1.09 bits per heavy atom. The van der Waals surface area contributed by atoms with Crippen molar-refractivity contribution in [3.05, 3.63) is 47.7 Å². The quantitative estimate of drug-likeness (QED) is 0.812. The minimum atomic E-state index is 0.702. The van der Waals surface area contributed by atoms with E-state index >= 15 is 0 Å². The Bertz CT molecular complexity index is 598. The molecule has 0 amide bonds. The Morgan fingerprint density at radius 3 is 2.48 bits per heavy atom. The monoisotopic (exact) mass is 313 g/mol. The maximum atomic E-state index is 4.68. The number of aromatic nitrogens is 2. The summed E-state index contributed by atoms with van der Waals surface area (Å²) in [6.07, 6.45) is 0. The molecule has 1 aromatic carbocycles. The highest BCUT2D eigenvalue weighted by Gasteiger charge is 2.10. The Labute approximate surface area is 139 Å². The van der Waals surface area contributed by atoms with Gasteiger partial charge in [0.05, 0.1) is 0 Å². The molecule has 0 spiro atoms. The second kappa shape index (κ2) is 8.48. The topological polar surface area (TPSA) is 44.3 Å². The smallest absolute Gasteiger partial charge is 0.224 e. The number of nitrogens with one attached hydrogen (secondary N) is 1. The van der Waals surface area contributed by atoms with Gasteiger partial charge < -0.3 is 15.1 Å². The number of nitrogens with zero attached hydrogens (tertiary/aromatic N) is 4. The van der Waals surface area contributed by atoms with Crippen LogP contribution in [0.4, 0.5) is 11.8 Å². The standard InChI is InChI=1S/C18H27N5/c1-5-23(14-16-9-7-6-8-10-16)17-13-15(2)20-18(21-17)19-11-12-22(3)4/h6-10,13H,5,11-12,14H2,1-4H3,(H,19,20,21). The molecule has 23 heavy (non-hydrogen) atoms. The van der Waals surface area contributed by atoms with Gasteiger partial charge in [0, 0.05) is 37.9 Å². The van der Waals surface area contributed by atoms with Crippen LogP contribution in [-0.2, 0) is 6.54 Å². The number of benzene rings is 1. The molecular weight excluding hydrogens is 286 g/mol. The molecule has 0 saturated carbocycles. The number of hydrogen-bond donors (Lipinski definition) is 1. The van der Waals surface area contributed by atoms with E-state index in [1.807, 2.05) is 19.1 Å². The third-order valence-corrected chi connectivity index (χ3v) is 3.60. The Morgan fingerprint density at radius 2 is 1.83 bits per heavy atom. The van der Waals surface area contributed by atoms with Crippen LogP contribution in [-0.4, -0.2) is 48.6 Å². The van der Waals surface area contributed by atoms with Crippen LogP contribution in [0.5, 0.6) is 0 Å². The van der Waals surface area contributed by atoms with Gasteiger partial charge in [-0.1, -0.05) is 30.3 Å². The van der Waals surface area contributed by atoms with Gasteiger partial charge in [-0.15, -0.1) is 0 Å². The van der Waals surface area contributed by atoms with Gasteiger partial charge in [-0.25, -0.2) is 4.98 Å². The molecule has 0 unspecified atom stereocenters. The van der Waals surface area contributed by atoms with Crippen LogP contribution >= 0.6 is 0 Å². The summed E-state index contributed by atoms with van der Waals surface area (Å²) in [6, 6.07) is 12.5. The largest absolute Gasteiger partial charge is 0.353 e. The van der Waals surface area contributed by atoms with Gasteiger partial charge in [0.25, 0.3) is 0 Å². The number of aryl methyl sites for hydroxylation is 1. The zero-order valence-corrected chi connectivity index (χ0v) is 14.6. The van der Waals surface area contributed by atoms with Gasteiger partial charge in [0.2, 0.25) is 5.95 Å². The maximum absolute atomic E-state index is 4.68. The van der Waals surface area contributed by atoms with E-state index in [9.17, 15) is 0 Å².